The highest BCUT2D eigenvalue weighted by atomic mass is 79.9. The zero-order valence-corrected chi connectivity index (χ0v) is 11.3. The van der Waals surface area contributed by atoms with Crippen LogP contribution in [0.15, 0.2) is 0 Å². The van der Waals surface area contributed by atoms with Crippen molar-refractivity contribution in [2.24, 2.45) is 0 Å². The van der Waals surface area contributed by atoms with Crippen molar-refractivity contribution in [1.82, 2.24) is 5.32 Å². The van der Waals surface area contributed by atoms with Crippen molar-refractivity contribution in [3.8, 4) is 0 Å². The van der Waals surface area contributed by atoms with E-state index >= 15 is 0 Å². The molecule has 6 heteroatoms. The fraction of sp³-hybridized carbons (Fsp3) is 0.875. The lowest BCUT2D eigenvalue weighted by molar-refractivity contribution is -0.121. The molecule has 1 fully saturated rings. The molecule has 14 heavy (non-hydrogen) atoms. The molecule has 1 N–H and O–H groups in total. The predicted molar refractivity (Wildman–Crippen MR) is 63.4 cm³/mol. The highest BCUT2D eigenvalue weighted by Crippen LogP contribution is 2.29. The summed E-state index contributed by atoms with van der Waals surface area (Å²) in [6, 6.07) is 0.0758. The number of carbonyl (C=O) groups is 1. The molecule has 1 saturated carbocycles. The van der Waals surface area contributed by atoms with Crippen LogP contribution in [-0.4, -0.2) is 20.6 Å². The Morgan fingerprint density at radius 2 is 1.86 bits per heavy atom. The van der Waals surface area contributed by atoms with Crippen LogP contribution in [0.2, 0.25) is 0 Å². The van der Waals surface area contributed by atoms with E-state index in [1.54, 1.807) is 0 Å². The van der Waals surface area contributed by atoms with Gasteiger partial charge < -0.3 is 5.32 Å². The summed E-state index contributed by atoms with van der Waals surface area (Å²) in [7, 11) is 0. The third-order valence-corrected chi connectivity index (χ3v) is 3.87. The summed E-state index contributed by atoms with van der Waals surface area (Å²) in [6.07, 6.45) is 4.26. The largest absolute Gasteiger partial charge is 0.349 e. The van der Waals surface area contributed by atoms with E-state index in [0.717, 1.165) is 19.3 Å². The summed E-state index contributed by atoms with van der Waals surface area (Å²) in [5, 5.41) is 2.73. The molecule has 0 aliphatic heterocycles. The molecule has 0 aromatic carbocycles. The molecular weight excluding hydrogens is 312 g/mol. The van der Waals surface area contributed by atoms with Gasteiger partial charge in [-0.15, -0.1) is 0 Å². The SMILES string of the molecule is O=C(NC1CCCCC1Br)C(Cl)(Cl)Cl. The fourth-order valence-corrected chi connectivity index (χ4v) is 2.38. The lowest BCUT2D eigenvalue weighted by atomic mass is 9.95. The average molecular weight is 323 g/mol. The molecule has 0 radical (unpaired) electrons. The van der Waals surface area contributed by atoms with E-state index in [0.29, 0.717) is 0 Å². The van der Waals surface area contributed by atoms with Gasteiger partial charge in [-0.25, -0.2) is 0 Å². The highest BCUT2D eigenvalue weighted by Gasteiger charge is 2.34. The topological polar surface area (TPSA) is 29.1 Å². The van der Waals surface area contributed by atoms with Crippen LogP contribution in [0.1, 0.15) is 25.7 Å². The first kappa shape index (κ1) is 12.9. The summed E-state index contributed by atoms with van der Waals surface area (Å²) in [4.78, 5) is 11.6. The zero-order valence-electron chi connectivity index (χ0n) is 7.40. The summed E-state index contributed by atoms with van der Waals surface area (Å²) < 4.78 is -1.86. The molecule has 1 amide bonds. The Balaban J connectivity index is 2.46. The molecule has 1 aliphatic carbocycles. The molecule has 1 rings (SSSR count). The van der Waals surface area contributed by atoms with Gasteiger partial charge in [-0.2, -0.15) is 0 Å². The third-order valence-electron chi connectivity index (χ3n) is 2.26. The Bertz CT molecular complexity index is 219. The Kier molecular flexibility index (Phi) is 4.82. The molecule has 0 heterocycles. The van der Waals surface area contributed by atoms with Crippen LogP contribution in [0.3, 0.4) is 0 Å². The summed E-state index contributed by atoms with van der Waals surface area (Å²) in [5.41, 5.74) is 0. The number of carbonyl (C=O) groups excluding carboxylic acids is 1. The Labute approximate surface area is 107 Å². The van der Waals surface area contributed by atoms with E-state index in [2.05, 4.69) is 21.2 Å². The standard InChI is InChI=1S/C8H11BrCl3NO/c9-5-3-1-2-4-6(5)13-7(14)8(10,11)12/h5-6H,1-4H2,(H,13,14). The van der Waals surface area contributed by atoms with E-state index in [1.807, 2.05) is 0 Å². The summed E-state index contributed by atoms with van der Waals surface area (Å²) in [5.74, 6) is -0.543. The van der Waals surface area contributed by atoms with Crippen LogP contribution in [0.4, 0.5) is 0 Å². The van der Waals surface area contributed by atoms with Crippen molar-refractivity contribution < 1.29 is 4.79 Å². The maximum absolute atomic E-state index is 11.4. The van der Waals surface area contributed by atoms with Gasteiger partial charge in [0.1, 0.15) is 0 Å². The molecule has 0 aromatic rings. The quantitative estimate of drug-likeness (QED) is 0.738. The van der Waals surface area contributed by atoms with Gasteiger partial charge in [0.15, 0.2) is 0 Å². The number of amides is 1. The van der Waals surface area contributed by atoms with Crippen molar-refractivity contribution >= 4 is 56.6 Å². The highest BCUT2D eigenvalue weighted by molar-refractivity contribution is 9.09. The number of hydrogen-bond donors (Lipinski definition) is 1. The minimum atomic E-state index is -1.86. The van der Waals surface area contributed by atoms with E-state index in [4.69, 9.17) is 34.8 Å². The second-order valence-corrected chi connectivity index (χ2v) is 6.84. The number of halogens is 4. The van der Waals surface area contributed by atoms with Crippen molar-refractivity contribution in [3.63, 3.8) is 0 Å². The maximum atomic E-state index is 11.4. The Morgan fingerprint density at radius 1 is 1.29 bits per heavy atom. The van der Waals surface area contributed by atoms with Crippen LogP contribution in [-0.2, 0) is 4.79 Å². The Morgan fingerprint density at radius 3 is 2.36 bits per heavy atom. The van der Waals surface area contributed by atoms with Crippen molar-refractivity contribution in [3.05, 3.63) is 0 Å². The zero-order chi connectivity index (χ0) is 10.8. The molecule has 1 aliphatic rings. The van der Waals surface area contributed by atoms with Crippen LogP contribution in [0, 0.1) is 0 Å². The number of nitrogens with one attached hydrogen (secondary N) is 1. The molecule has 2 nitrogen and oxygen atoms in total. The second kappa shape index (κ2) is 5.24. The van der Waals surface area contributed by atoms with Gasteiger partial charge in [-0.3, -0.25) is 4.79 Å². The van der Waals surface area contributed by atoms with Crippen LogP contribution in [0.25, 0.3) is 0 Å². The molecule has 82 valence electrons. The fourth-order valence-electron chi connectivity index (χ4n) is 1.50. The summed E-state index contributed by atoms with van der Waals surface area (Å²) in [6.45, 7) is 0. The molecule has 0 aromatic heterocycles. The Hall–Kier alpha value is 0.820. The van der Waals surface area contributed by atoms with Crippen molar-refractivity contribution in [2.75, 3.05) is 0 Å². The predicted octanol–water partition coefficient (Wildman–Crippen LogP) is 3.18. The second-order valence-electron chi connectivity index (χ2n) is 3.38. The monoisotopic (exact) mass is 321 g/mol. The third kappa shape index (κ3) is 3.76. The molecule has 0 spiro atoms. The van der Waals surface area contributed by atoms with Gasteiger partial charge >= 0.3 is 0 Å². The average Bonchev–Trinajstić information content (AvgIpc) is 2.07. The minimum absolute atomic E-state index is 0.0758. The van der Waals surface area contributed by atoms with E-state index in [1.165, 1.54) is 6.42 Å². The van der Waals surface area contributed by atoms with Gasteiger partial charge in [-0.05, 0) is 12.8 Å². The summed E-state index contributed by atoms with van der Waals surface area (Å²) >= 11 is 19.9. The first-order valence-corrected chi connectivity index (χ1v) is 6.48. The van der Waals surface area contributed by atoms with E-state index in [9.17, 15) is 4.79 Å². The minimum Gasteiger partial charge on any atom is -0.349 e. The molecule has 0 saturated heterocycles. The normalized spacial score (nSPS) is 28.6. The van der Waals surface area contributed by atoms with Crippen LogP contribution < -0.4 is 5.32 Å². The molecule has 2 unspecified atom stereocenters. The maximum Gasteiger partial charge on any atom is 0.272 e. The smallest absolute Gasteiger partial charge is 0.272 e. The van der Waals surface area contributed by atoms with E-state index in [-0.39, 0.29) is 10.9 Å². The number of hydrogen-bond acceptors (Lipinski definition) is 1. The van der Waals surface area contributed by atoms with Gasteiger partial charge in [0.2, 0.25) is 0 Å². The van der Waals surface area contributed by atoms with Crippen molar-refractivity contribution in [2.45, 2.75) is 40.3 Å². The van der Waals surface area contributed by atoms with Crippen LogP contribution >= 0.6 is 50.7 Å². The molecule has 2 atom stereocenters. The van der Waals surface area contributed by atoms with Crippen LogP contribution in [0.5, 0.6) is 0 Å². The molecular formula is C8H11BrCl3NO. The lowest BCUT2D eigenvalue weighted by Gasteiger charge is -2.29. The number of rotatable bonds is 1. The van der Waals surface area contributed by atoms with Gasteiger partial charge in [0.05, 0.1) is 0 Å². The number of alkyl halides is 4. The van der Waals surface area contributed by atoms with E-state index < -0.39 is 9.70 Å². The first-order valence-electron chi connectivity index (χ1n) is 4.43. The van der Waals surface area contributed by atoms with Gasteiger partial charge in [-0.1, -0.05) is 63.6 Å². The van der Waals surface area contributed by atoms with Gasteiger partial charge in [0.25, 0.3) is 9.70 Å². The first-order chi connectivity index (χ1) is 6.41. The van der Waals surface area contributed by atoms with Crippen molar-refractivity contribution in [1.29, 1.82) is 0 Å². The van der Waals surface area contributed by atoms with Gasteiger partial charge in [0, 0.05) is 10.9 Å². The lowest BCUT2D eigenvalue weighted by Crippen LogP contribution is -2.47. The molecule has 0 bridgehead atoms.